The van der Waals surface area contributed by atoms with Crippen LogP contribution in [0.4, 0.5) is 0 Å². The minimum Gasteiger partial charge on any atom is -0.339 e. The van der Waals surface area contributed by atoms with E-state index in [4.69, 9.17) is 4.52 Å². The minimum atomic E-state index is -3.50. The lowest BCUT2D eigenvalue weighted by molar-refractivity contribution is 0.348. The van der Waals surface area contributed by atoms with Gasteiger partial charge in [0.15, 0.2) is 9.84 Å². The summed E-state index contributed by atoms with van der Waals surface area (Å²) < 4.78 is 31.9. The largest absolute Gasteiger partial charge is 0.339 e. The van der Waals surface area contributed by atoms with Crippen LogP contribution in [0, 0.1) is 0 Å². The molecule has 7 nitrogen and oxygen atoms in total. The number of sulfone groups is 1. The van der Waals surface area contributed by atoms with Crippen molar-refractivity contribution in [2.24, 2.45) is 0 Å². The van der Waals surface area contributed by atoms with Crippen molar-refractivity contribution in [1.82, 2.24) is 20.8 Å². The van der Waals surface area contributed by atoms with Crippen LogP contribution in [0.15, 0.2) is 33.7 Å². The molecule has 0 unspecified atom stereocenters. The number of rotatable bonds is 11. The summed E-state index contributed by atoms with van der Waals surface area (Å²) in [6.07, 6.45) is 9.16. The molecular weight excluding hydrogens is 400 g/mol. The molecule has 1 saturated heterocycles. The molecule has 2 N–H and O–H groups in total. The summed E-state index contributed by atoms with van der Waals surface area (Å²) in [5.41, 5.74) is 0.760. The van der Waals surface area contributed by atoms with Gasteiger partial charge in [0.2, 0.25) is 11.7 Å². The van der Waals surface area contributed by atoms with Gasteiger partial charge in [-0.3, -0.25) is 0 Å². The number of benzene rings is 1. The van der Waals surface area contributed by atoms with E-state index in [-0.39, 0.29) is 0 Å². The molecule has 166 valence electrons. The minimum absolute atomic E-state index is 0.318. The molecule has 2 heterocycles. The molecule has 0 spiro atoms. The van der Waals surface area contributed by atoms with Gasteiger partial charge in [-0.2, -0.15) is 4.98 Å². The smallest absolute Gasteiger partial charge is 0.226 e. The summed E-state index contributed by atoms with van der Waals surface area (Å²) in [6.45, 7) is 3.58. The van der Waals surface area contributed by atoms with Crippen LogP contribution in [-0.2, 0) is 16.3 Å². The van der Waals surface area contributed by atoms with Crippen molar-refractivity contribution in [3.05, 3.63) is 30.2 Å². The van der Waals surface area contributed by atoms with E-state index < -0.39 is 14.7 Å². The zero-order valence-corrected chi connectivity index (χ0v) is 18.9. The van der Waals surface area contributed by atoms with Gasteiger partial charge in [-0.05, 0) is 63.7 Å². The van der Waals surface area contributed by atoms with Gasteiger partial charge in [0.1, 0.15) is 4.87 Å². The molecule has 0 bridgehead atoms. The molecule has 1 fully saturated rings. The summed E-state index contributed by atoms with van der Waals surface area (Å²) in [6, 6.07) is 6.82. The first-order valence-electron chi connectivity index (χ1n) is 11.1. The fourth-order valence-corrected chi connectivity index (χ4v) is 5.98. The predicted octanol–water partition coefficient (Wildman–Crippen LogP) is 3.71. The maximum Gasteiger partial charge on any atom is 0.226 e. The highest BCUT2D eigenvalue weighted by Crippen LogP contribution is 2.32. The molecule has 0 atom stereocenters. The molecule has 0 radical (unpaired) electrons. The maximum atomic E-state index is 13.3. The number of nitrogens with zero attached hydrogens (tertiary/aromatic N) is 2. The van der Waals surface area contributed by atoms with E-state index >= 15 is 0 Å². The van der Waals surface area contributed by atoms with E-state index in [2.05, 4.69) is 27.7 Å². The van der Waals surface area contributed by atoms with Crippen LogP contribution >= 0.6 is 0 Å². The third-order valence-corrected chi connectivity index (χ3v) is 8.55. The summed E-state index contributed by atoms with van der Waals surface area (Å²) in [5, 5.41) is 10.4. The van der Waals surface area contributed by atoms with Crippen LogP contribution in [0.25, 0.3) is 11.4 Å². The van der Waals surface area contributed by atoms with Gasteiger partial charge >= 0.3 is 0 Å². The number of hydrogen-bond acceptors (Lipinski definition) is 7. The van der Waals surface area contributed by atoms with E-state index in [1.807, 2.05) is 0 Å². The molecule has 1 aliphatic heterocycles. The highest BCUT2D eigenvalue weighted by Gasteiger charge is 2.44. The van der Waals surface area contributed by atoms with Crippen molar-refractivity contribution in [3.63, 3.8) is 0 Å². The number of aryl methyl sites for hydroxylation is 1. The fourth-order valence-electron chi connectivity index (χ4n) is 4.02. The van der Waals surface area contributed by atoms with Crippen LogP contribution in [0.2, 0.25) is 0 Å². The second kappa shape index (κ2) is 10.5. The van der Waals surface area contributed by atoms with E-state index in [1.165, 1.54) is 32.1 Å². The lowest BCUT2D eigenvalue weighted by Crippen LogP contribution is -2.56. The third kappa shape index (κ3) is 5.10. The van der Waals surface area contributed by atoms with E-state index in [0.29, 0.717) is 42.5 Å². The summed E-state index contributed by atoms with van der Waals surface area (Å²) >= 11 is 0. The predicted molar refractivity (Wildman–Crippen MR) is 118 cm³/mol. The normalized spacial score (nSPS) is 16.6. The SMILES string of the molecule is CCCCCCCCc1nc(-c2ccc(S(=O)(=O)C3(NC)CCNCC3)cc2)no1. The Labute approximate surface area is 180 Å². The molecule has 1 aromatic carbocycles. The average Bonchev–Trinajstić information content (AvgIpc) is 3.25. The molecule has 1 aromatic heterocycles. The molecule has 2 aromatic rings. The highest BCUT2D eigenvalue weighted by molar-refractivity contribution is 7.92. The van der Waals surface area contributed by atoms with Gasteiger partial charge in [-0.15, -0.1) is 0 Å². The first kappa shape index (κ1) is 22.9. The molecule has 0 aliphatic carbocycles. The Morgan fingerprint density at radius 3 is 2.40 bits per heavy atom. The van der Waals surface area contributed by atoms with Gasteiger partial charge in [-0.25, -0.2) is 8.42 Å². The van der Waals surface area contributed by atoms with Crippen molar-refractivity contribution >= 4 is 9.84 Å². The fraction of sp³-hybridized carbons (Fsp3) is 0.636. The Morgan fingerprint density at radius 2 is 1.73 bits per heavy atom. The second-order valence-electron chi connectivity index (χ2n) is 8.05. The summed E-state index contributed by atoms with van der Waals surface area (Å²) in [5.74, 6) is 1.14. The quantitative estimate of drug-likeness (QED) is 0.520. The Hall–Kier alpha value is -1.77. The second-order valence-corrected chi connectivity index (χ2v) is 10.3. The third-order valence-electron chi connectivity index (χ3n) is 6.02. The Morgan fingerprint density at radius 1 is 1.07 bits per heavy atom. The monoisotopic (exact) mass is 434 g/mol. The van der Waals surface area contributed by atoms with Crippen LogP contribution in [0.3, 0.4) is 0 Å². The number of unbranched alkanes of at least 4 members (excludes halogenated alkanes) is 5. The zero-order chi connectivity index (χ0) is 21.5. The molecule has 3 rings (SSSR count). The molecule has 0 saturated carbocycles. The molecule has 1 aliphatic rings. The molecule has 30 heavy (non-hydrogen) atoms. The van der Waals surface area contributed by atoms with E-state index in [1.54, 1.807) is 31.3 Å². The molecule has 8 heteroatoms. The Bertz CT molecular complexity index is 887. The van der Waals surface area contributed by atoms with Gasteiger partial charge in [0, 0.05) is 12.0 Å². The van der Waals surface area contributed by atoms with Crippen molar-refractivity contribution in [1.29, 1.82) is 0 Å². The van der Waals surface area contributed by atoms with E-state index in [0.717, 1.165) is 18.4 Å². The molecule has 0 amide bonds. The van der Waals surface area contributed by atoms with Gasteiger partial charge in [0.25, 0.3) is 0 Å². The average molecular weight is 435 g/mol. The number of nitrogens with one attached hydrogen (secondary N) is 2. The van der Waals surface area contributed by atoms with Gasteiger partial charge < -0.3 is 15.2 Å². The first-order valence-corrected chi connectivity index (χ1v) is 12.6. The van der Waals surface area contributed by atoms with Crippen molar-refractivity contribution < 1.29 is 12.9 Å². The van der Waals surface area contributed by atoms with Crippen molar-refractivity contribution in [2.75, 3.05) is 20.1 Å². The van der Waals surface area contributed by atoms with Gasteiger partial charge in [-0.1, -0.05) is 44.2 Å². The van der Waals surface area contributed by atoms with Crippen LogP contribution in [0.1, 0.15) is 64.2 Å². The van der Waals surface area contributed by atoms with Crippen LogP contribution < -0.4 is 10.6 Å². The summed E-state index contributed by atoms with van der Waals surface area (Å²) in [4.78, 5) is 3.88. The van der Waals surface area contributed by atoms with Crippen LogP contribution in [0.5, 0.6) is 0 Å². The number of hydrogen-bond donors (Lipinski definition) is 2. The van der Waals surface area contributed by atoms with Gasteiger partial charge in [0.05, 0.1) is 4.90 Å². The van der Waals surface area contributed by atoms with E-state index in [9.17, 15) is 8.42 Å². The lowest BCUT2D eigenvalue weighted by atomic mass is 10.1. The molecular formula is C22H34N4O3S. The Kier molecular flexibility index (Phi) is 8.02. The standard InChI is InChI=1S/C22H34N4O3S/c1-3-4-5-6-7-8-9-20-25-21(26-29-20)18-10-12-19(13-11-18)30(27,28)22(23-2)14-16-24-17-15-22/h10-13,23-24H,3-9,14-17H2,1-2H3. The zero-order valence-electron chi connectivity index (χ0n) is 18.1. The summed E-state index contributed by atoms with van der Waals surface area (Å²) in [7, 11) is -1.78. The number of piperidine rings is 1. The first-order chi connectivity index (χ1) is 14.5. The lowest BCUT2D eigenvalue weighted by Gasteiger charge is -2.36. The van der Waals surface area contributed by atoms with Crippen LogP contribution in [-0.4, -0.2) is 43.6 Å². The van der Waals surface area contributed by atoms with Crippen molar-refractivity contribution in [3.8, 4) is 11.4 Å². The van der Waals surface area contributed by atoms with Crippen molar-refractivity contribution in [2.45, 2.75) is 74.5 Å². The number of aromatic nitrogens is 2. The highest BCUT2D eigenvalue weighted by atomic mass is 32.2. The topological polar surface area (TPSA) is 97.1 Å². The maximum absolute atomic E-state index is 13.3. The Balaban J connectivity index is 1.64.